The lowest BCUT2D eigenvalue weighted by molar-refractivity contribution is -0.117. The highest BCUT2D eigenvalue weighted by Gasteiger charge is 2.46. The molecule has 0 saturated heterocycles. The Bertz CT molecular complexity index is 5090. The summed E-state index contributed by atoms with van der Waals surface area (Å²) in [6.07, 6.45) is 7.14. The van der Waals surface area contributed by atoms with Crippen LogP contribution in [-0.4, -0.2) is 203 Å². The minimum absolute atomic E-state index is 0.0372. The summed E-state index contributed by atoms with van der Waals surface area (Å²) in [5, 5.41) is 16.6. The SMILES string of the molecule is CC1(C)C(=CC=C(/C=C/C2N(CCCS(=O)(=O)O)c3ccc4c(S(=O)(=O)O)cc(S(=O)(=O)O)cc4c3C2(C)C)c2ccc(C(=O)NCCOCCOCCOCCOCCC(=O)Nc3nnc(S(N)(=O)=O)s3)cn2)N(CCCS(=O)(=O)O)c2ccc3c(S(=O)(=O)O)cc(S(=O)(=O)O)cc3c21. The Labute approximate surface area is 580 Å². The molecule has 2 aliphatic heterocycles. The van der Waals surface area contributed by atoms with Crippen LogP contribution < -0.4 is 25.6 Å². The zero-order valence-electron chi connectivity index (χ0n) is 53.5. The number of rotatable bonds is 34. The van der Waals surface area contributed by atoms with Gasteiger partial charge in [-0.15, -0.1) is 10.2 Å². The van der Waals surface area contributed by atoms with E-state index in [9.17, 15) is 95.8 Å². The minimum atomic E-state index is -5.18. The van der Waals surface area contributed by atoms with Gasteiger partial charge in [0.15, 0.2) is 0 Å². The number of anilines is 3. The van der Waals surface area contributed by atoms with E-state index >= 15 is 0 Å². The van der Waals surface area contributed by atoms with Gasteiger partial charge in [-0.3, -0.25) is 41.9 Å². The molecule has 2 amide bonds. The number of nitrogens with zero attached hydrogens (tertiary/aromatic N) is 5. The van der Waals surface area contributed by atoms with Gasteiger partial charge in [-0.2, -0.15) is 50.5 Å². The lowest BCUT2D eigenvalue weighted by Gasteiger charge is -2.32. The molecule has 1 atom stereocenters. The molecule has 34 nitrogen and oxygen atoms in total. The first-order valence-electron chi connectivity index (χ1n) is 29.8. The van der Waals surface area contributed by atoms with Gasteiger partial charge in [0, 0.05) is 64.5 Å². The smallest absolute Gasteiger partial charge is 0.295 e. The van der Waals surface area contributed by atoms with Gasteiger partial charge in [-0.1, -0.05) is 69.4 Å². The molecule has 0 aliphatic carbocycles. The second-order valence-electron chi connectivity index (χ2n) is 23.7. The Morgan fingerprint density at radius 1 is 0.620 bits per heavy atom. The van der Waals surface area contributed by atoms with E-state index in [-0.39, 0.29) is 152 Å². The third-order valence-corrected chi connectivity index (χ3v) is 23.1. The van der Waals surface area contributed by atoms with Crippen molar-refractivity contribution in [2.24, 2.45) is 5.14 Å². The summed E-state index contributed by atoms with van der Waals surface area (Å²) in [6, 6.07) is 10.7. The molecule has 4 aromatic carbocycles. The third kappa shape index (κ3) is 19.6. The summed E-state index contributed by atoms with van der Waals surface area (Å²) in [5.41, 5.74) is -0.682. The predicted molar refractivity (Wildman–Crippen MR) is 363 cm³/mol. The molecule has 42 heteroatoms. The predicted octanol–water partition coefficient (Wildman–Crippen LogP) is 4.04. The molecule has 0 spiro atoms. The number of sulfonamides is 1. The summed E-state index contributed by atoms with van der Waals surface area (Å²) in [6.45, 7) is 7.67. The van der Waals surface area contributed by atoms with Crippen molar-refractivity contribution in [2.45, 2.75) is 87.8 Å². The zero-order chi connectivity index (χ0) is 73.8. The fraction of sp³-hybridized carbons (Fsp3) is 0.397. The van der Waals surface area contributed by atoms with Crippen molar-refractivity contribution in [2.75, 3.05) is 99.1 Å². The number of hydrogen-bond donors (Lipinski definition) is 9. The quantitative estimate of drug-likeness (QED) is 0.0119. The van der Waals surface area contributed by atoms with Crippen LogP contribution in [0, 0.1) is 0 Å². The van der Waals surface area contributed by atoms with E-state index in [1.165, 1.54) is 42.6 Å². The molecule has 0 saturated carbocycles. The second-order valence-corrected chi connectivity index (χ2v) is 35.1. The standard InChI is InChI=1S/C58H70N8O26S8/c1-57(2)49(65(19-5-29-94(69,70)71)45-13-10-40-42(52(45)57)31-38(97(77,78)79)33-47(40)99(83,84)85)15-8-36(9-16-50-58(3,4)53-43-32-39(98(80,81)82)34-48(100(86,87)88)41(43)11-14-46(53)66(50)20-6-30-95(72,73)74)44-12-7-37(35-61-44)54(68)60-18-22-90-24-26-92-28-27-91-25-23-89-21-17-51(67)62-55-63-64-56(93-55)96(59,75)76/h7-16,31-35,49H,5-6,17-30H2,1-4H3,(H,60,68)(H2,59,75,76)(H,62,63,67)(H,69,70,71)(H,72,73,74)(H,77,78,79)(H,80,81,82)(H,83,84,85)(H,86,87,88)/b15-8+,36-9?,50-16?. The third-order valence-electron chi connectivity index (χ3n) is 15.9. The molecule has 0 fully saturated rings. The normalized spacial score (nSPS) is 16.4. The average molecular weight is 1550 g/mol. The highest BCUT2D eigenvalue weighted by molar-refractivity contribution is 7.91. The largest absolute Gasteiger partial charge is 0.379 e. The van der Waals surface area contributed by atoms with Gasteiger partial charge in [-0.25, -0.2) is 13.6 Å². The number of carbonyl (C=O) groups excluding carboxylic acids is 2. The first-order chi connectivity index (χ1) is 46.4. The van der Waals surface area contributed by atoms with Crippen LogP contribution in [0.15, 0.2) is 121 Å². The Balaban J connectivity index is 1.06. The topological polar surface area (TPSA) is 527 Å². The lowest BCUT2D eigenvalue weighted by atomic mass is 9.78. The molecule has 2 aromatic heterocycles. The van der Waals surface area contributed by atoms with Crippen molar-refractivity contribution in [1.82, 2.24) is 20.5 Å². The molecule has 546 valence electrons. The maximum absolute atomic E-state index is 13.5. The molecule has 10 N–H and O–H groups in total. The molecule has 2 aliphatic rings. The van der Waals surface area contributed by atoms with Crippen LogP contribution in [0.5, 0.6) is 0 Å². The molecule has 8 rings (SSSR count). The van der Waals surface area contributed by atoms with Gasteiger partial charge in [-0.05, 0) is 94.9 Å². The Kier molecular flexibility index (Phi) is 24.4. The van der Waals surface area contributed by atoms with Crippen LogP contribution in [0.4, 0.5) is 16.5 Å². The van der Waals surface area contributed by atoms with Crippen molar-refractivity contribution in [1.29, 1.82) is 0 Å². The molecular formula is C58H70N8O26S8. The molecule has 6 aromatic rings. The van der Waals surface area contributed by atoms with Crippen LogP contribution in [0.2, 0.25) is 0 Å². The number of hydrogen-bond acceptors (Lipinski definition) is 26. The number of amides is 2. The van der Waals surface area contributed by atoms with Crippen molar-refractivity contribution >= 4 is 138 Å². The maximum Gasteiger partial charge on any atom is 0.295 e. The number of fused-ring (bicyclic) bond motifs is 6. The maximum atomic E-state index is 13.5. The van der Waals surface area contributed by atoms with E-state index in [1.54, 1.807) is 61.8 Å². The number of ether oxygens (including phenoxy) is 4. The number of benzene rings is 4. The number of primary sulfonamides is 1. The van der Waals surface area contributed by atoms with Gasteiger partial charge in [0.05, 0.1) is 97.9 Å². The number of aromatic nitrogens is 3. The van der Waals surface area contributed by atoms with Gasteiger partial charge >= 0.3 is 0 Å². The number of nitrogens with two attached hydrogens (primary N) is 1. The zero-order valence-corrected chi connectivity index (χ0v) is 60.0. The van der Waals surface area contributed by atoms with Gasteiger partial charge in [0.25, 0.3) is 76.6 Å². The van der Waals surface area contributed by atoms with Crippen molar-refractivity contribution in [3.63, 3.8) is 0 Å². The first-order valence-corrected chi connectivity index (χ1v) is 41.1. The van der Waals surface area contributed by atoms with Crippen LogP contribution in [0.3, 0.4) is 0 Å². The van der Waals surface area contributed by atoms with Gasteiger partial charge in [0.1, 0.15) is 9.79 Å². The molecule has 100 heavy (non-hydrogen) atoms. The van der Waals surface area contributed by atoms with Gasteiger partial charge < -0.3 is 39.4 Å². The van der Waals surface area contributed by atoms with Crippen LogP contribution >= 0.6 is 11.3 Å². The number of allylic oxidation sites excluding steroid dienone is 5. The van der Waals surface area contributed by atoms with Gasteiger partial charge in [0.2, 0.25) is 15.4 Å². The molecular weight excluding hydrogens is 1480 g/mol. The second kappa shape index (κ2) is 31.0. The van der Waals surface area contributed by atoms with Crippen molar-refractivity contribution < 1.29 is 115 Å². The first kappa shape index (κ1) is 78.8. The van der Waals surface area contributed by atoms with Crippen molar-refractivity contribution in [3.05, 3.63) is 119 Å². The van der Waals surface area contributed by atoms with Crippen LogP contribution in [0.1, 0.15) is 74.1 Å². The summed E-state index contributed by atoms with van der Waals surface area (Å²) in [5.74, 6) is -2.52. The van der Waals surface area contributed by atoms with E-state index in [4.69, 9.17) is 24.1 Å². The summed E-state index contributed by atoms with van der Waals surface area (Å²) in [4.78, 5) is 30.1. The Morgan fingerprint density at radius 2 is 1.14 bits per heavy atom. The number of pyridine rings is 1. The molecule has 4 heterocycles. The minimum Gasteiger partial charge on any atom is -0.379 e. The van der Waals surface area contributed by atoms with E-state index in [1.807, 2.05) is 0 Å². The molecule has 0 bridgehead atoms. The number of carbonyl (C=O) groups is 2. The summed E-state index contributed by atoms with van der Waals surface area (Å²) < 4.78 is 256. The van der Waals surface area contributed by atoms with E-state index in [0.29, 0.717) is 34.9 Å². The average Bonchev–Trinajstić information content (AvgIpc) is 1.56. The van der Waals surface area contributed by atoms with E-state index in [0.717, 1.165) is 12.1 Å². The van der Waals surface area contributed by atoms with E-state index < -0.39 is 135 Å². The number of nitrogens with one attached hydrogen (secondary N) is 2. The fourth-order valence-corrected chi connectivity index (χ4v) is 16.6. The van der Waals surface area contributed by atoms with Crippen LogP contribution in [-0.2, 0) is 105 Å². The highest BCUT2D eigenvalue weighted by Crippen LogP contribution is 2.53. The lowest BCUT2D eigenvalue weighted by Crippen LogP contribution is -2.41. The van der Waals surface area contributed by atoms with Crippen molar-refractivity contribution in [3.8, 4) is 0 Å². The molecule has 1 unspecified atom stereocenters. The monoisotopic (exact) mass is 1550 g/mol. The fourth-order valence-electron chi connectivity index (χ4n) is 11.6. The Hall–Kier alpha value is -6.92. The molecule has 0 radical (unpaired) electrons. The highest BCUT2D eigenvalue weighted by atomic mass is 32.3. The van der Waals surface area contributed by atoms with Crippen LogP contribution in [0.25, 0.3) is 27.1 Å². The van der Waals surface area contributed by atoms with E-state index in [2.05, 4.69) is 25.8 Å². The Morgan fingerprint density at radius 3 is 1.64 bits per heavy atom. The summed E-state index contributed by atoms with van der Waals surface area (Å²) >= 11 is 0.603. The summed E-state index contributed by atoms with van der Waals surface area (Å²) in [7, 11) is -33.8.